The van der Waals surface area contributed by atoms with E-state index in [-0.39, 0.29) is 19.8 Å². The third-order valence-electron chi connectivity index (χ3n) is 5.06. The molecule has 0 amide bonds. The number of methoxy groups -OCH3 is 1. The monoisotopic (exact) mass is 450 g/mol. The van der Waals surface area contributed by atoms with E-state index in [4.69, 9.17) is 37.9 Å². The largest absolute Gasteiger partial charge is 0.461 e. The second kappa shape index (κ2) is 9.24. The van der Waals surface area contributed by atoms with Crippen molar-refractivity contribution in [3.05, 3.63) is 0 Å². The maximum atomic E-state index is 12.4. The first-order valence-corrected chi connectivity index (χ1v) is 9.97. The van der Waals surface area contributed by atoms with Crippen LogP contribution in [0.4, 0.5) is 0 Å². The lowest BCUT2D eigenvalue weighted by atomic mass is 9.99. The molecule has 12 nitrogen and oxygen atoms in total. The van der Waals surface area contributed by atoms with Crippen LogP contribution in [0.15, 0.2) is 0 Å². The Morgan fingerprint density at radius 2 is 1.48 bits per heavy atom. The summed E-state index contributed by atoms with van der Waals surface area (Å²) in [6.07, 6.45) is -8.67. The molecule has 3 heterocycles. The topological polar surface area (TPSA) is 148 Å². The molecule has 3 saturated heterocycles. The van der Waals surface area contributed by atoms with Crippen LogP contribution in [0.2, 0.25) is 0 Å². The van der Waals surface area contributed by atoms with E-state index in [1.54, 1.807) is 27.7 Å². The minimum absolute atomic E-state index is 0.0158. The third kappa shape index (κ3) is 5.71. The van der Waals surface area contributed by atoms with Gasteiger partial charge in [-0.15, -0.1) is 0 Å². The number of hydrogen-bond donors (Lipinski definition) is 2. The third-order valence-corrected chi connectivity index (χ3v) is 5.06. The Morgan fingerprint density at radius 3 is 1.97 bits per heavy atom. The number of aliphatic hydroxyl groups excluding tert-OH is 2. The number of carbonyl (C=O) groups excluding carboxylic acids is 2. The zero-order valence-corrected chi connectivity index (χ0v) is 18.1. The average Bonchev–Trinajstić information content (AvgIpc) is 3.25. The van der Waals surface area contributed by atoms with Crippen molar-refractivity contribution < 1.29 is 57.7 Å². The maximum absolute atomic E-state index is 12.4. The Kier molecular flexibility index (Phi) is 7.23. The fraction of sp³-hybridized carbons (Fsp3) is 0.895. The summed E-state index contributed by atoms with van der Waals surface area (Å²) in [6.45, 7) is 6.26. The van der Waals surface area contributed by atoms with Crippen molar-refractivity contribution >= 4 is 11.9 Å². The number of ether oxygens (including phenoxy) is 8. The normalized spacial score (nSPS) is 39.3. The minimum atomic E-state index is -1.56. The van der Waals surface area contributed by atoms with E-state index in [0.717, 1.165) is 0 Å². The second-order valence-corrected chi connectivity index (χ2v) is 8.43. The van der Waals surface area contributed by atoms with Crippen LogP contribution in [0, 0.1) is 0 Å². The summed E-state index contributed by atoms with van der Waals surface area (Å²) >= 11 is 0. The predicted octanol–water partition coefficient (Wildman–Crippen LogP) is -1.16. The first-order valence-electron chi connectivity index (χ1n) is 9.97. The summed E-state index contributed by atoms with van der Waals surface area (Å²) < 4.78 is 42.6. The van der Waals surface area contributed by atoms with E-state index < -0.39 is 66.4 Å². The van der Waals surface area contributed by atoms with Gasteiger partial charge in [0.1, 0.15) is 24.9 Å². The molecular weight excluding hydrogens is 420 g/mol. The van der Waals surface area contributed by atoms with Gasteiger partial charge in [0.15, 0.2) is 36.2 Å². The van der Waals surface area contributed by atoms with Gasteiger partial charge in [0.25, 0.3) is 0 Å². The molecule has 178 valence electrons. The lowest BCUT2D eigenvalue weighted by Gasteiger charge is -2.41. The molecule has 3 fully saturated rings. The van der Waals surface area contributed by atoms with E-state index in [2.05, 4.69) is 0 Å². The molecule has 3 rings (SSSR count). The van der Waals surface area contributed by atoms with Crippen molar-refractivity contribution in [3.63, 3.8) is 0 Å². The Hall–Kier alpha value is -1.38. The van der Waals surface area contributed by atoms with Crippen molar-refractivity contribution in [1.29, 1.82) is 0 Å². The number of aliphatic hydroxyl groups is 2. The highest BCUT2D eigenvalue weighted by Gasteiger charge is 2.49. The summed E-state index contributed by atoms with van der Waals surface area (Å²) in [7, 11) is 1.28. The summed E-state index contributed by atoms with van der Waals surface area (Å²) in [5.74, 6) is -3.33. The van der Waals surface area contributed by atoms with Gasteiger partial charge in [-0.05, 0) is 27.7 Å². The molecule has 0 aromatic heterocycles. The van der Waals surface area contributed by atoms with Gasteiger partial charge < -0.3 is 48.1 Å². The molecule has 0 aliphatic carbocycles. The minimum Gasteiger partial charge on any atom is -0.461 e. The van der Waals surface area contributed by atoms with E-state index in [1.807, 2.05) is 0 Å². The Morgan fingerprint density at radius 1 is 0.935 bits per heavy atom. The Bertz CT molecular complexity index is 660. The lowest BCUT2D eigenvalue weighted by molar-refractivity contribution is -0.300. The molecule has 31 heavy (non-hydrogen) atoms. The Balaban J connectivity index is 1.55. The van der Waals surface area contributed by atoms with Gasteiger partial charge >= 0.3 is 11.9 Å². The molecule has 3 aliphatic rings. The molecule has 0 spiro atoms. The maximum Gasteiger partial charge on any atom is 0.338 e. The zero-order valence-electron chi connectivity index (χ0n) is 18.1. The number of carbonyl (C=O) groups is 2. The van der Waals surface area contributed by atoms with Crippen LogP contribution in [-0.4, -0.2) is 104 Å². The van der Waals surface area contributed by atoms with Crippen molar-refractivity contribution in [1.82, 2.24) is 0 Å². The fourth-order valence-corrected chi connectivity index (χ4v) is 3.43. The first kappa shape index (κ1) is 24.3. The predicted molar refractivity (Wildman–Crippen MR) is 98.3 cm³/mol. The van der Waals surface area contributed by atoms with Gasteiger partial charge in [-0.2, -0.15) is 0 Å². The molecular formula is C19H30O12. The van der Waals surface area contributed by atoms with Crippen LogP contribution in [0.5, 0.6) is 0 Å². The quantitative estimate of drug-likeness (QED) is 0.470. The molecule has 0 aromatic carbocycles. The molecule has 0 bridgehead atoms. The highest BCUT2D eigenvalue weighted by atomic mass is 16.8. The molecule has 0 aromatic rings. The summed E-state index contributed by atoms with van der Waals surface area (Å²) in [4.78, 5) is 24.6. The van der Waals surface area contributed by atoms with E-state index >= 15 is 0 Å². The molecule has 3 aliphatic heterocycles. The van der Waals surface area contributed by atoms with Crippen LogP contribution in [0.1, 0.15) is 27.7 Å². The summed E-state index contributed by atoms with van der Waals surface area (Å²) in [5.41, 5.74) is 0. The number of hydrogen-bond acceptors (Lipinski definition) is 12. The lowest BCUT2D eigenvalue weighted by Crippen LogP contribution is -2.61. The van der Waals surface area contributed by atoms with Crippen LogP contribution >= 0.6 is 0 Å². The summed E-state index contributed by atoms with van der Waals surface area (Å²) in [6, 6.07) is 0. The standard InChI is InChI=1S/C19H30O12/c1-18(2)26-7-10(30-18)15(22)25-6-9-12(20)13(21)14(17(24-5)28-9)29-16(23)11-8-27-19(3,4)31-11/h9-14,17,20-21H,6-8H2,1-5H3/t9-,10?,11?,12+,13+,14-,17+/m1/s1. The smallest absolute Gasteiger partial charge is 0.338 e. The van der Waals surface area contributed by atoms with Crippen molar-refractivity contribution in [2.45, 2.75) is 82.2 Å². The summed E-state index contributed by atoms with van der Waals surface area (Å²) in [5, 5.41) is 20.9. The van der Waals surface area contributed by atoms with Gasteiger partial charge in [0.2, 0.25) is 0 Å². The highest BCUT2D eigenvalue weighted by molar-refractivity contribution is 5.75. The Labute approximate surface area is 179 Å². The van der Waals surface area contributed by atoms with E-state index in [0.29, 0.717) is 0 Å². The van der Waals surface area contributed by atoms with Crippen molar-refractivity contribution in [2.24, 2.45) is 0 Å². The molecule has 0 radical (unpaired) electrons. The SMILES string of the molecule is CO[C@H]1O[C@H](COC(=O)C2COC(C)(C)O2)[C@H](O)[C@H](O)[C@H]1OC(=O)C1COC(C)(C)O1. The van der Waals surface area contributed by atoms with E-state index in [9.17, 15) is 19.8 Å². The van der Waals surface area contributed by atoms with Crippen LogP contribution < -0.4 is 0 Å². The van der Waals surface area contributed by atoms with Gasteiger partial charge in [-0.3, -0.25) is 0 Å². The highest BCUT2D eigenvalue weighted by Crippen LogP contribution is 2.28. The van der Waals surface area contributed by atoms with Crippen molar-refractivity contribution in [3.8, 4) is 0 Å². The van der Waals surface area contributed by atoms with Crippen LogP contribution in [0.25, 0.3) is 0 Å². The second-order valence-electron chi connectivity index (χ2n) is 8.43. The number of esters is 2. The average molecular weight is 450 g/mol. The van der Waals surface area contributed by atoms with Gasteiger partial charge in [0.05, 0.1) is 13.2 Å². The van der Waals surface area contributed by atoms with Crippen LogP contribution in [-0.2, 0) is 47.5 Å². The molecule has 2 unspecified atom stereocenters. The number of rotatable bonds is 6. The van der Waals surface area contributed by atoms with E-state index in [1.165, 1.54) is 7.11 Å². The van der Waals surface area contributed by atoms with Gasteiger partial charge in [0, 0.05) is 7.11 Å². The molecule has 0 saturated carbocycles. The van der Waals surface area contributed by atoms with Gasteiger partial charge in [-0.25, -0.2) is 9.59 Å². The van der Waals surface area contributed by atoms with Gasteiger partial charge in [-0.1, -0.05) is 0 Å². The van der Waals surface area contributed by atoms with Crippen molar-refractivity contribution in [2.75, 3.05) is 26.9 Å². The molecule has 2 N–H and O–H groups in total. The fourth-order valence-electron chi connectivity index (χ4n) is 3.43. The first-order chi connectivity index (χ1) is 14.4. The molecule has 12 heteroatoms. The zero-order chi connectivity index (χ0) is 23.0. The van der Waals surface area contributed by atoms with Crippen LogP contribution in [0.3, 0.4) is 0 Å². The molecule has 7 atom stereocenters.